The second kappa shape index (κ2) is 21.8. The molecule has 1 unspecified atom stereocenters. The minimum atomic E-state index is -0.187. The van der Waals surface area contributed by atoms with Gasteiger partial charge in [-0.15, -0.1) is 6.58 Å². The second-order valence-electron chi connectivity index (χ2n) is 9.28. The summed E-state index contributed by atoms with van der Waals surface area (Å²) in [5.74, 6) is 0.760. The number of halogens is 1. The molecule has 0 N–H and O–H groups in total. The summed E-state index contributed by atoms with van der Waals surface area (Å²) in [7, 11) is 0. The molecule has 0 saturated carbocycles. The molecule has 1 aliphatic rings. The van der Waals surface area contributed by atoms with E-state index in [9.17, 15) is 9.18 Å². The van der Waals surface area contributed by atoms with Crippen molar-refractivity contribution in [2.75, 3.05) is 11.4 Å². The van der Waals surface area contributed by atoms with Crippen molar-refractivity contribution in [1.82, 2.24) is 0 Å². The summed E-state index contributed by atoms with van der Waals surface area (Å²) in [6, 6.07) is 6.43. The summed E-state index contributed by atoms with van der Waals surface area (Å²) in [6.07, 6.45) is 13.8. The highest BCUT2D eigenvalue weighted by molar-refractivity contribution is 5.78. The standard InChI is InChI=1S/C16H21NO.C9H18.C6H9F.C2H6/c1-4-5-12(2)17-9-8-15-11-14(10-13(3)18)6-7-16(15)17;1-4-6-7-8-9(3)5-2;1-5(2)4-6(3)7;1-2/h5-7,11H,4,8-10H2,1-3H3;5,9H,2,4,6-8H2,1,3H3;4H,1H2,2-3H3;1-2H3/b12-5+;;6-4+;. The van der Waals surface area contributed by atoms with Crippen molar-refractivity contribution in [2.45, 2.75) is 107 Å². The number of rotatable bonds is 10. The number of nitrogens with zero attached hydrogens (tertiary/aromatic N) is 1. The molecule has 204 valence electrons. The SMILES string of the molecule is C=C(C)/C=C(\C)F.C=CC(C)CCCCC.CC.CC/C=C(\C)N1CCc2cc(CC(C)=O)ccc21. The largest absolute Gasteiger partial charge is 0.345 e. The van der Waals surface area contributed by atoms with Gasteiger partial charge in [-0.1, -0.05) is 90.3 Å². The fraction of sp³-hybridized carbons (Fsp3) is 0.545. The predicted octanol–water partition coefficient (Wildman–Crippen LogP) is 10.3. The topological polar surface area (TPSA) is 20.3 Å². The van der Waals surface area contributed by atoms with Crippen molar-refractivity contribution in [3.8, 4) is 0 Å². The van der Waals surface area contributed by atoms with Crippen LogP contribution in [0.1, 0.15) is 106 Å². The van der Waals surface area contributed by atoms with Crippen LogP contribution in [0.15, 0.2) is 66.7 Å². The normalized spacial score (nSPS) is 13.1. The zero-order valence-corrected chi connectivity index (χ0v) is 24.8. The van der Waals surface area contributed by atoms with Crippen LogP contribution in [0.5, 0.6) is 0 Å². The molecule has 0 spiro atoms. The highest BCUT2D eigenvalue weighted by Crippen LogP contribution is 2.31. The van der Waals surface area contributed by atoms with Crippen molar-refractivity contribution in [2.24, 2.45) is 5.92 Å². The molecular weight excluding hydrogens is 445 g/mol. The first-order valence-corrected chi connectivity index (χ1v) is 13.7. The third-order valence-electron chi connectivity index (χ3n) is 5.53. The molecule has 1 aromatic carbocycles. The molecule has 1 aliphatic heterocycles. The summed E-state index contributed by atoms with van der Waals surface area (Å²) >= 11 is 0. The van der Waals surface area contributed by atoms with E-state index in [0.29, 0.717) is 6.42 Å². The van der Waals surface area contributed by atoms with E-state index in [1.807, 2.05) is 19.9 Å². The lowest BCUT2D eigenvalue weighted by molar-refractivity contribution is -0.116. The van der Waals surface area contributed by atoms with Gasteiger partial charge in [0.05, 0.1) is 5.83 Å². The van der Waals surface area contributed by atoms with Crippen LogP contribution in [-0.4, -0.2) is 12.3 Å². The molecule has 0 bridgehead atoms. The number of ketones is 1. The monoisotopic (exact) mass is 499 g/mol. The Morgan fingerprint density at radius 3 is 2.22 bits per heavy atom. The second-order valence-corrected chi connectivity index (χ2v) is 9.28. The number of fused-ring (bicyclic) bond motifs is 1. The first kappa shape index (κ1) is 35.7. The van der Waals surface area contributed by atoms with Crippen molar-refractivity contribution in [3.63, 3.8) is 0 Å². The summed E-state index contributed by atoms with van der Waals surface area (Å²) < 4.78 is 11.8. The molecular formula is C33H54FNO. The summed E-state index contributed by atoms with van der Waals surface area (Å²) in [6.45, 7) is 25.9. The molecule has 0 fully saturated rings. The van der Waals surface area contributed by atoms with Crippen molar-refractivity contribution in [1.29, 1.82) is 0 Å². The maximum Gasteiger partial charge on any atom is 0.134 e. The number of carbonyl (C=O) groups excluding carboxylic acids is 1. The molecule has 1 atom stereocenters. The van der Waals surface area contributed by atoms with Gasteiger partial charge in [0.15, 0.2) is 0 Å². The van der Waals surface area contributed by atoms with Crippen LogP contribution in [0.4, 0.5) is 10.1 Å². The van der Waals surface area contributed by atoms with Crippen LogP contribution in [0.3, 0.4) is 0 Å². The molecule has 0 aliphatic carbocycles. The fourth-order valence-electron chi connectivity index (χ4n) is 3.80. The molecule has 1 aromatic rings. The first-order valence-electron chi connectivity index (χ1n) is 13.7. The molecule has 2 nitrogen and oxygen atoms in total. The van der Waals surface area contributed by atoms with Gasteiger partial charge in [-0.3, -0.25) is 4.79 Å². The zero-order valence-electron chi connectivity index (χ0n) is 24.8. The number of allylic oxidation sites excluding steroid dienone is 6. The maximum atomic E-state index is 11.8. The number of Topliss-reactive ketones (excluding diaryl/α,β-unsaturated/α-hetero) is 1. The smallest absolute Gasteiger partial charge is 0.134 e. The molecule has 0 aromatic heterocycles. The Bertz CT molecular complexity index is 830. The van der Waals surface area contributed by atoms with Crippen LogP contribution in [-0.2, 0) is 17.6 Å². The van der Waals surface area contributed by atoms with E-state index < -0.39 is 0 Å². The highest BCUT2D eigenvalue weighted by Gasteiger charge is 2.20. The molecule has 36 heavy (non-hydrogen) atoms. The minimum absolute atomic E-state index is 0.187. The Labute approximate surface area is 223 Å². The van der Waals surface area contributed by atoms with Crippen LogP contribution < -0.4 is 4.90 Å². The van der Waals surface area contributed by atoms with Crippen LogP contribution in [0, 0.1) is 5.92 Å². The van der Waals surface area contributed by atoms with Gasteiger partial charge >= 0.3 is 0 Å². The number of benzene rings is 1. The Morgan fingerprint density at radius 1 is 1.14 bits per heavy atom. The summed E-state index contributed by atoms with van der Waals surface area (Å²) in [5, 5.41) is 0. The van der Waals surface area contributed by atoms with Crippen molar-refractivity contribution in [3.05, 3.63) is 77.8 Å². The lowest BCUT2D eigenvalue weighted by Crippen LogP contribution is -2.17. The third kappa shape index (κ3) is 17.1. The maximum absolute atomic E-state index is 11.8. The van der Waals surface area contributed by atoms with Gasteiger partial charge in [-0.25, -0.2) is 4.39 Å². The zero-order chi connectivity index (χ0) is 28.1. The average Bonchev–Trinajstić information content (AvgIpc) is 3.23. The van der Waals surface area contributed by atoms with E-state index in [-0.39, 0.29) is 11.6 Å². The first-order chi connectivity index (χ1) is 17.0. The summed E-state index contributed by atoms with van der Waals surface area (Å²) in [4.78, 5) is 13.5. The van der Waals surface area contributed by atoms with Crippen LogP contribution in [0.25, 0.3) is 0 Å². The quantitative estimate of drug-likeness (QED) is 0.181. The number of hydrogen-bond donors (Lipinski definition) is 0. The number of hydrogen-bond acceptors (Lipinski definition) is 2. The van der Waals surface area contributed by atoms with E-state index >= 15 is 0 Å². The Hall–Kier alpha value is -2.42. The molecule has 0 radical (unpaired) electrons. The van der Waals surface area contributed by atoms with Gasteiger partial charge in [-0.2, -0.15) is 0 Å². The molecule has 0 amide bonds. The Morgan fingerprint density at radius 2 is 1.78 bits per heavy atom. The van der Waals surface area contributed by atoms with Gasteiger partial charge in [0.25, 0.3) is 0 Å². The Balaban J connectivity index is 0. The molecule has 0 saturated heterocycles. The molecule has 1 heterocycles. The van der Waals surface area contributed by atoms with Gasteiger partial charge < -0.3 is 4.90 Å². The van der Waals surface area contributed by atoms with Gasteiger partial charge in [0, 0.05) is 24.4 Å². The van der Waals surface area contributed by atoms with E-state index in [4.69, 9.17) is 0 Å². The summed E-state index contributed by atoms with van der Waals surface area (Å²) in [5.41, 5.74) is 5.90. The molecule has 2 rings (SSSR count). The fourth-order valence-corrected chi connectivity index (χ4v) is 3.80. The minimum Gasteiger partial charge on any atom is -0.345 e. The van der Waals surface area contributed by atoms with Gasteiger partial charge in [0.2, 0.25) is 0 Å². The van der Waals surface area contributed by atoms with E-state index in [0.717, 1.165) is 36.4 Å². The van der Waals surface area contributed by atoms with Crippen molar-refractivity contribution < 1.29 is 9.18 Å². The van der Waals surface area contributed by atoms with Crippen molar-refractivity contribution >= 4 is 11.5 Å². The Kier molecular flexibility index (Phi) is 21.7. The highest BCUT2D eigenvalue weighted by atomic mass is 19.1. The van der Waals surface area contributed by atoms with Gasteiger partial charge in [-0.05, 0) is 76.1 Å². The lowest BCUT2D eigenvalue weighted by Gasteiger charge is -2.20. The third-order valence-corrected chi connectivity index (χ3v) is 5.53. The molecule has 3 heteroatoms. The predicted molar refractivity (Wildman–Crippen MR) is 160 cm³/mol. The average molecular weight is 500 g/mol. The van der Waals surface area contributed by atoms with E-state index in [1.54, 1.807) is 13.8 Å². The van der Waals surface area contributed by atoms with E-state index in [1.165, 1.54) is 55.6 Å². The lowest BCUT2D eigenvalue weighted by atomic mass is 10.0. The number of anilines is 1. The van der Waals surface area contributed by atoms with Crippen LogP contribution in [0.2, 0.25) is 0 Å². The van der Waals surface area contributed by atoms with Crippen LogP contribution >= 0.6 is 0 Å². The van der Waals surface area contributed by atoms with E-state index in [2.05, 4.69) is 70.0 Å². The number of unbranched alkanes of at least 4 members (excludes halogenated alkanes) is 2. The van der Waals surface area contributed by atoms with Gasteiger partial charge in [0.1, 0.15) is 5.78 Å². The number of carbonyl (C=O) groups is 1.